The Morgan fingerprint density at radius 1 is 1.10 bits per heavy atom. The van der Waals surface area contributed by atoms with Crippen LogP contribution in [0.25, 0.3) is 0 Å². The molecule has 0 saturated carbocycles. The number of anilines is 1. The summed E-state index contributed by atoms with van der Waals surface area (Å²) < 4.78 is 5.12. The normalized spacial score (nSPS) is 14.1. The number of carbonyl (C=O) groups is 2. The van der Waals surface area contributed by atoms with Crippen LogP contribution in [0.5, 0.6) is 0 Å². The third-order valence-electron chi connectivity index (χ3n) is 4.70. The third-order valence-corrected chi connectivity index (χ3v) is 4.70. The van der Waals surface area contributed by atoms with Gasteiger partial charge in [0.2, 0.25) is 5.91 Å². The van der Waals surface area contributed by atoms with Crippen LogP contribution >= 0.6 is 24.0 Å². The van der Waals surface area contributed by atoms with Gasteiger partial charge in [-0.05, 0) is 36.8 Å². The Balaban J connectivity index is 0.00000320. The number of nitrogens with one attached hydrogen (secondary N) is 2. The molecular formula is C21H28IN5O3. The lowest BCUT2D eigenvalue weighted by Gasteiger charge is -2.36. The van der Waals surface area contributed by atoms with Crippen LogP contribution in [-0.4, -0.2) is 60.3 Å². The Bertz CT molecular complexity index is 861. The van der Waals surface area contributed by atoms with Gasteiger partial charge in [-0.15, -0.1) is 24.0 Å². The summed E-state index contributed by atoms with van der Waals surface area (Å²) in [5, 5.41) is 6.15. The van der Waals surface area contributed by atoms with Crippen LogP contribution in [0.15, 0.2) is 52.1 Å². The molecule has 30 heavy (non-hydrogen) atoms. The minimum absolute atomic E-state index is 0. The lowest BCUT2D eigenvalue weighted by Crippen LogP contribution is -2.53. The number of carbonyl (C=O) groups excluding carboxylic acids is 2. The molecule has 8 nitrogen and oxygen atoms in total. The van der Waals surface area contributed by atoms with Crippen molar-refractivity contribution in [1.82, 2.24) is 15.1 Å². The molecule has 0 aliphatic carbocycles. The summed E-state index contributed by atoms with van der Waals surface area (Å²) in [7, 11) is 0. The Kier molecular flexibility index (Phi) is 9.15. The van der Waals surface area contributed by atoms with Gasteiger partial charge in [-0.1, -0.05) is 12.1 Å². The number of benzene rings is 1. The lowest BCUT2D eigenvalue weighted by molar-refractivity contribution is -0.130. The molecule has 162 valence electrons. The van der Waals surface area contributed by atoms with Crippen molar-refractivity contribution in [2.75, 3.05) is 38.0 Å². The number of piperazine rings is 1. The van der Waals surface area contributed by atoms with Crippen molar-refractivity contribution in [3.63, 3.8) is 0 Å². The van der Waals surface area contributed by atoms with Crippen molar-refractivity contribution in [3.8, 4) is 0 Å². The summed E-state index contributed by atoms with van der Waals surface area (Å²) in [6.45, 7) is 7.81. The minimum atomic E-state index is -0.285. The number of guanidine groups is 1. The molecule has 1 saturated heterocycles. The zero-order valence-corrected chi connectivity index (χ0v) is 19.6. The van der Waals surface area contributed by atoms with Crippen LogP contribution in [0.2, 0.25) is 0 Å². The van der Waals surface area contributed by atoms with Gasteiger partial charge in [0, 0.05) is 45.3 Å². The van der Waals surface area contributed by atoms with E-state index in [1.165, 1.54) is 6.26 Å². The molecule has 2 N–H and O–H groups in total. The van der Waals surface area contributed by atoms with E-state index < -0.39 is 0 Å². The molecule has 1 aromatic carbocycles. The summed E-state index contributed by atoms with van der Waals surface area (Å²) >= 11 is 0. The molecular weight excluding hydrogens is 497 g/mol. The maximum Gasteiger partial charge on any atom is 0.291 e. The molecule has 3 rings (SSSR count). The number of rotatable bonds is 5. The van der Waals surface area contributed by atoms with E-state index in [0.29, 0.717) is 25.3 Å². The Morgan fingerprint density at radius 2 is 1.83 bits per heavy atom. The Labute approximate surface area is 193 Å². The molecule has 2 heterocycles. The first kappa shape index (κ1) is 23.7. The van der Waals surface area contributed by atoms with E-state index in [4.69, 9.17) is 9.41 Å². The number of hydrogen-bond donors (Lipinski definition) is 2. The van der Waals surface area contributed by atoms with Crippen LogP contribution < -0.4 is 10.6 Å². The van der Waals surface area contributed by atoms with Gasteiger partial charge in [0.05, 0.1) is 12.8 Å². The van der Waals surface area contributed by atoms with Crippen LogP contribution in [-0.2, 0) is 11.3 Å². The standard InChI is InChI=1S/C21H27N5O3.HI/c1-3-22-21(26-11-9-25(10-12-26)16(2)27)23-15-17-6-4-7-18(14-17)24-20(28)19-8-5-13-29-19;/h4-8,13-14H,3,9-12,15H2,1-2H3,(H,22,23)(H,24,28);1H. The highest BCUT2D eigenvalue weighted by molar-refractivity contribution is 14.0. The van der Waals surface area contributed by atoms with Gasteiger partial charge in [-0.2, -0.15) is 0 Å². The van der Waals surface area contributed by atoms with Crippen LogP contribution in [0.3, 0.4) is 0 Å². The average molecular weight is 525 g/mol. The first-order valence-corrected chi connectivity index (χ1v) is 9.79. The Hall–Kier alpha value is -2.56. The Morgan fingerprint density at radius 3 is 2.47 bits per heavy atom. The second kappa shape index (κ2) is 11.6. The third kappa shape index (κ3) is 6.48. The highest BCUT2D eigenvalue weighted by atomic mass is 127. The summed E-state index contributed by atoms with van der Waals surface area (Å²) in [4.78, 5) is 32.4. The van der Waals surface area contributed by atoms with Gasteiger partial charge in [0.15, 0.2) is 11.7 Å². The maximum atomic E-state index is 12.1. The van der Waals surface area contributed by atoms with Gasteiger partial charge in [-0.25, -0.2) is 4.99 Å². The summed E-state index contributed by atoms with van der Waals surface area (Å²) in [5.74, 6) is 0.931. The summed E-state index contributed by atoms with van der Waals surface area (Å²) in [6.07, 6.45) is 1.47. The van der Waals surface area contributed by atoms with E-state index >= 15 is 0 Å². The second-order valence-corrected chi connectivity index (χ2v) is 6.80. The van der Waals surface area contributed by atoms with Crippen LogP contribution in [0.4, 0.5) is 5.69 Å². The van der Waals surface area contributed by atoms with Crippen LogP contribution in [0.1, 0.15) is 30.0 Å². The molecule has 0 unspecified atom stereocenters. The molecule has 9 heteroatoms. The van der Waals surface area contributed by atoms with Gasteiger partial charge in [0.1, 0.15) is 0 Å². The summed E-state index contributed by atoms with van der Waals surface area (Å²) in [5.41, 5.74) is 1.68. The smallest absolute Gasteiger partial charge is 0.291 e. The zero-order chi connectivity index (χ0) is 20.6. The molecule has 0 bridgehead atoms. The number of amides is 2. The average Bonchev–Trinajstić information content (AvgIpc) is 3.26. The van der Waals surface area contributed by atoms with Crippen molar-refractivity contribution in [2.24, 2.45) is 4.99 Å². The number of hydrogen-bond acceptors (Lipinski definition) is 4. The quantitative estimate of drug-likeness (QED) is 0.356. The molecule has 2 aromatic rings. The first-order valence-electron chi connectivity index (χ1n) is 9.79. The predicted octanol–water partition coefficient (Wildman–Crippen LogP) is 2.78. The maximum absolute atomic E-state index is 12.1. The number of halogens is 1. The molecule has 0 radical (unpaired) electrons. The second-order valence-electron chi connectivity index (χ2n) is 6.80. The molecule has 2 amide bonds. The van der Waals surface area contributed by atoms with E-state index in [0.717, 1.165) is 31.2 Å². The first-order chi connectivity index (χ1) is 14.1. The van der Waals surface area contributed by atoms with E-state index in [1.807, 2.05) is 36.1 Å². The fourth-order valence-electron chi connectivity index (χ4n) is 3.17. The topological polar surface area (TPSA) is 90.2 Å². The highest BCUT2D eigenvalue weighted by Gasteiger charge is 2.20. The van der Waals surface area contributed by atoms with E-state index in [-0.39, 0.29) is 41.6 Å². The molecule has 0 spiro atoms. The van der Waals surface area contributed by atoms with Crippen molar-refractivity contribution in [2.45, 2.75) is 20.4 Å². The van der Waals surface area contributed by atoms with Crippen molar-refractivity contribution >= 4 is 47.4 Å². The van der Waals surface area contributed by atoms with Gasteiger partial charge in [-0.3, -0.25) is 9.59 Å². The SMILES string of the molecule is CCNC(=NCc1cccc(NC(=O)c2ccco2)c1)N1CCN(C(C)=O)CC1.I. The number of furan rings is 1. The van der Waals surface area contributed by atoms with Crippen LogP contribution in [0, 0.1) is 0 Å². The van der Waals surface area contributed by atoms with E-state index in [1.54, 1.807) is 19.1 Å². The van der Waals surface area contributed by atoms with Crippen molar-refractivity contribution in [1.29, 1.82) is 0 Å². The molecule has 1 aliphatic heterocycles. The predicted molar refractivity (Wildman–Crippen MR) is 127 cm³/mol. The largest absolute Gasteiger partial charge is 0.459 e. The van der Waals surface area contributed by atoms with Gasteiger partial charge >= 0.3 is 0 Å². The fourth-order valence-corrected chi connectivity index (χ4v) is 3.17. The zero-order valence-electron chi connectivity index (χ0n) is 17.3. The number of aliphatic imine (C=N–C) groups is 1. The van der Waals surface area contributed by atoms with Crippen molar-refractivity contribution in [3.05, 3.63) is 54.0 Å². The highest BCUT2D eigenvalue weighted by Crippen LogP contribution is 2.14. The molecule has 1 aromatic heterocycles. The fraction of sp³-hybridized carbons (Fsp3) is 0.381. The molecule has 1 fully saturated rings. The minimum Gasteiger partial charge on any atom is -0.459 e. The monoisotopic (exact) mass is 525 g/mol. The van der Waals surface area contributed by atoms with E-state index in [2.05, 4.69) is 15.5 Å². The summed E-state index contributed by atoms with van der Waals surface area (Å²) in [6, 6.07) is 10.9. The lowest BCUT2D eigenvalue weighted by atomic mass is 10.2. The number of nitrogens with zero attached hydrogens (tertiary/aromatic N) is 3. The van der Waals surface area contributed by atoms with Gasteiger partial charge in [0.25, 0.3) is 5.91 Å². The molecule has 1 aliphatic rings. The van der Waals surface area contributed by atoms with E-state index in [9.17, 15) is 9.59 Å². The van der Waals surface area contributed by atoms with Crippen molar-refractivity contribution < 1.29 is 14.0 Å². The molecule has 0 atom stereocenters. The van der Waals surface area contributed by atoms with Gasteiger partial charge < -0.3 is 24.9 Å².